The Morgan fingerprint density at radius 1 is 1.26 bits per heavy atom. The minimum absolute atomic E-state index is 0.0988. The van der Waals surface area contributed by atoms with Crippen LogP contribution < -0.4 is 10.0 Å². The maximum atomic E-state index is 12.1. The van der Waals surface area contributed by atoms with Crippen LogP contribution in [0.4, 0.5) is 0 Å². The number of benzene rings is 1. The molecule has 0 spiro atoms. The number of aryl methyl sites for hydroxylation is 2. The van der Waals surface area contributed by atoms with Gasteiger partial charge in [0.2, 0.25) is 15.9 Å². The van der Waals surface area contributed by atoms with Crippen LogP contribution in [0.25, 0.3) is 0 Å². The molecule has 106 valence electrons. The van der Waals surface area contributed by atoms with Crippen molar-refractivity contribution in [2.75, 3.05) is 13.1 Å². The van der Waals surface area contributed by atoms with Gasteiger partial charge >= 0.3 is 0 Å². The molecule has 0 bridgehead atoms. The lowest BCUT2D eigenvalue weighted by molar-refractivity contribution is -0.120. The number of carbonyl (C=O) groups is 1. The molecule has 0 unspecified atom stereocenters. The highest BCUT2D eigenvalue weighted by molar-refractivity contribution is 7.89. The van der Waals surface area contributed by atoms with E-state index in [9.17, 15) is 13.2 Å². The van der Waals surface area contributed by atoms with Crippen LogP contribution >= 0.6 is 0 Å². The van der Waals surface area contributed by atoms with Gasteiger partial charge < -0.3 is 5.32 Å². The molecule has 0 heterocycles. The van der Waals surface area contributed by atoms with Crippen LogP contribution in [0.2, 0.25) is 0 Å². The van der Waals surface area contributed by atoms with Gasteiger partial charge in [-0.1, -0.05) is 12.1 Å². The molecule has 1 aromatic carbocycles. The van der Waals surface area contributed by atoms with Gasteiger partial charge in [-0.15, -0.1) is 0 Å². The molecule has 2 N–H and O–H groups in total. The second-order valence-corrected chi connectivity index (χ2v) is 6.11. The SMILES string of the molecule is CCNC(=O)CCNS(=O)(=O)c1cc(C)ccc1C. The van der Waals surface area contributed by atoms with E-state index >= 15 is 0 Å². The quantitative estimate of drug-likeness (QED) is 0.821. The molecule has 1 aromatic rings. The number of sulfonamides is 1. The largest absolute Gasteiger partial charge is 0.356 e. The number of rotatable bonds is 6. The predicted octanol–water partition coefficient (Wildman–Crippen LogP) is 1.11. The van der Waals surface area contributed by atoms with E-state index in [4.69, 9.17) is 0 Å². The van der Waals surface area contributed by atoms with E-state index in [1.807, 2.05) is 19.9 Å². The maximum absolute atomic E-state index is 12.1. The third kappa shape index (κ3) is 4.65. The second kappa shape index (κ2) is 6.68. The van der Waals surface area contributed by atoms with Crippen molar-refractivity contribution in [1.82, 2.24) is 10.0 Å². The Kier molecular flexibility index (Phi) is 5.50. The monoisotopic (exact) mass is 284 g/mol. The molecule has 0 aliphatic heterocycles. The highest BCUT2D eigenvalue weighted by Gasteiger charge is 2.16. The highest BCUT2D eigenvalue weighted by Crippen LogP contribution is 2.16. The Balaban J connectivity index is 2.71. The zero-order chi connectivity index (χ0) is 14.5. The van der Waals surface area contributed by atoms with Gasteiger partial charge in [-0.25, -0.2) is 13.1 Å². The van der Waals surface area contributed by atoms with Crippen LogP contribution in [-0.4, -0.2) is 27.4 Å². The molecule has 1 amide bonds. The molecule has 0 fully saturated rings. The van der Waals surface area contributed by atoms with Crippen molar-refractivity contribution in [3.05, 3.63) is 29.3 Å². The molecule has 0 radical (unpaired) electrons. The lowest BCUT2D eigenvalue weighted by Gasteiger charge is -2.10. The molecule has 0 saturated heterocycles. The van der Waals surface area contributed by atoms with Gasteiger partial charge in [0.05, 0.1) is 4.90 Å². The van der Waals surface area contributed by atoms with Gasteiger partial charge in [0.15, 0.2) is 0 Å². The number of hydrogen-bond donors (Lipinski definition) is 2. The van der Waals surface area contributed by atoms with E-state index in [0.29, 0.717) is 12.1 Å². The second-order valence-electron chi connectivity index (χ2n) is 4.37. The molecular formula is C13H20N2O3S. The first kappa shape index (κ1) is 15.7. The smallest absolute Gasteiger partial charge is 0.240 e. The summed E-state index contributed by atoms with van der Waals surface area (Å²) in [6.07, 6.45) is 0.137. The molecule has 19 heavy (non-hydrogen) atoms. The van der Waals surface area contributed by atoms with E-state index in [1.165, 1.54) is 0 Å². The summed E-state index contributed by atoms with van der Waals surface area (Å²) in [5, 5.41) is 2.62. The lowest BCUT2D eigenvalue weighted by Crippen LogP contribution is -2.31. The standard InChI is InChI=1S/C13H20N2O3S/c1-4-14-13(16)7-8-15-19(17,18)12-9-10(2)5-6-11(12)3/h5-6,9,15H,4,7-8H2,1-3H3,(H,14,16). The summed E-state index contributed by atoms with van der Waals surface area (Å²) in [6.45, 7) is 6.05. The van der Waals surface area contributed by atoms with Gasteiger partial charge in [-0.3, -0.25) is 4.79 Å². The summed E-state index contributed by atoms with van der Waals surface area (Å²) in [7, 11) is -3.55. The third-order valence-electron chi connectivity index (χ3n) is 2.65. The molecule has 0 aliphatic carbocycles. The van der Waals surface area contributed by atoms with Gasteiger partial charge in [0, 0.05) is 19.5 Å². The van der Waals surface area contributed by atoms with Crippen LogP contribution in [0.15, 0.2) is 23.1 Å². The fourth-order valence-electron chi connectivity index (χ4n) is 1.66. The molecule has 0 aliphatic rings. The maximum Gasteiger partial charge on any atom is 0.240 e. The Bertz CT molecular complexity index is 553. The molecule has 0 atom stereocenters. The van der Waals surface area contributed by atoms with E-state index in [-0.39, 0.29) is 23.8 Å². The highest BCUT2D eigenvalue weighted by atomic mass is 32.2. The van der Waals surface area contributed by atoms with Gasteiger partial charge in [-0.05, 0) is 38.0 Å². The average molecular weight is 284 g/mol. The van der Waals surface area contributed by atoms with Crippen LogP contribution in [0.3, 0.4) is 0 Å². The molecule has 6 heteroatoms. The summed E-state index contributed by atoms with van der Waals surface area (Å²) in [6, 6.07) is 5.26. The lowest BCUT2D eigenvalue weighted by atomic mass is 10.2. The zero-order valence-electron chi connectivity index (χ0n) is 11.5. The molecule has 0 saturated carbocycles. The van der Waals surface area contributed by atoms with Crippen LogP contribution in [0, 0.1) is 13.8 Å². The van der Waals surface area contributed by atoms with Crippen LogP contribution in [0.1, 0.15) is 24.5 Å². The van der Waals surface area contributed by atoms with Crippen molar-refractivity contribution in [2.45, 2.75) is 32.1 Å². The average Bonchev–Trinajstić information content (AvgIpc) is 2.32. The summed E-state index contributed by atoms with van der Waals surface area (Å²) in [5.41, 5.74) is 1.57. The first-order chi connectivity index (χ1) is 8.86. The first-order valence-electron chi connectivity index (χ1n) is 6.20. The third-order valence-corrected chi connectivity index (χ3v) is 4.25. The topological polar surface area (TPSA) is 75.3 Å². The van der Waals surface area contributed by atoms with E-state index in [1.54, 1.807) is 19.1 Å². The Labute approximate surface area is 114 Å². The fourth-order valence-corrected chi connectivity index (χ4v) is 3.02. The fraction of sp³-hybridized carbons (Fsp3) is 0.462. The summed E-state index contributed by atoms with van der Waals surface area (Å²) in [5.74, 6) is -0.161. The minimum Gasteiger partial charge on any atom is -0.356 e. The van der Waals surface area contributed by atoms with E-state index in [0.717, 1.165) is 5.56 Å². The van der Waals surface area contributed by atoms with Gasteiger partial charge in [0.1, 0.15) is 0 Å². The van der Waals surface area contributed by atoms with Crippen molar-refractivity contribution >= 4 is 15.9 Å². The normalized spacial score (nSPS) is 11.3. The van der Waals surface area contributed by atoms with E-state index < -0.39 is 10.0 Å². The van der Waals surface area contributed by atoms with E-state index in [2.05, 4.69) is 10.0 Å². The van der Waals surface area contributed by atoms with Crippen molar-refractivity contribution in [2.24, 2.45) is 0 Å². The number of carbonyl (C=O) groups excluding carboxylic acids is 1. The number of amides is 1. The van der Waals surface area contributed by atoms with Crippen LogP contribution in [0.5, 0.6) is 0 Å². The molecule has 1 rings (SSSR count). The summed E-state index contributed by atoms with van der Waals surface area (Å²) in [4.78, 5) is 11.5. The van der Waals surface area contributed by atoms with Crippen molar-refractivity contribution in [1.29, 1.82) is 0 Å². The van der Waals surface area contributed by atoms with Gasteiger partial charge in [-0.2, -0.15) is 0 Å². The zero-order valence-corrected chi connectivity index (χ0v) is 12.3. The van der Waals surface area contributed by atoms with Gasteiger partial charge in [0.25, 0.3) is 0 Å². The predicted molar refractivity (Wildman–Crippen MR) is 74.4 cm³/mol. The number of hydrogen-bond acceptors (Lipinski definition) is 3. The van der Waals surface area contributed by atoms with Crippen molar-refractivity contribution < 1.29 is 13.2 Å². The van der Waals surface area contributed by atoms with Crippen LogP contribution in [-0.2, 0) is 14.8 Å². The Hall–Kier alpha value is -1.40. The van der Waals surface area contributed by atoms with Crippen molar-refractivity contribution in [3.63, 3.8) is 0 Å². The Morgan fingerprint density at radius 2 is 1.95 bits per heavy atom. The summed E-state index contributed by atoms with van der Waals surface area (Å²) >= 11 is 0. The molecule has 5 nitrogen and oxygen atoms in total. The first-order valence-corrected chi connectivity index (χ1v) is 7.68. The Morgan fingerprint density at radius 3 is 2.58 bits per heavy atom. The minimum atomic E-state index is -3.55. The number of nitrogens with one attached hydrogen (secondary N) is 2. The summed E-state index contributed by atoms with van der Waals surface area (Å²) < 4.78 is 26.6. The molecule has 0 aromatic heterocycles. The van der Waals surface area contributed by atoms with Crippen molar-refractivity contribution in [3.8, 4) is 0 Å². The molecular weight excluding hydrogens is 264 g/mol.